The molecule has 0 aliphatic carbocycles. The predicted octanol–water partition coefficient (Wildman–Crippen LogP) is 3.66. The van der Waals surface area contributed by atoms with Gasteiger partial charge in [-0.25, -0.2) is 9.97 Å². The summed E-state index contributed by atoms with van der Waals surface area (Å²) in [7, 11) is 0. The molecule has 1 unspecified atom stereocenters. The van der Waals surface area contributed by atoms with Crippen molar-refractivity contribution < 1.29 is 19.8 Å². The molecule has 0 aromatic carbocycles. The fourth-order valence-corrected chi connectivity index (χ4v) is 8.22. The predicted molar refractivity (Wildman–Crippen MR) is 196 cm³/mol. The highest BCUT2D eigenvalue weighted by molar-refractivity contribution is 5.69. The first-order chi connectivity index (χ1) is 24.4. The van der Waals surface area contributed by atoms with Crippen LogP contribution in [0.4, 0.5) is 11.6 Å². The lowest BCUT2D eigenvalue weighted by Gasteiger charge is -2.40. The van der Waals surface area contributed by atoms with Gasteiger partial charge in [-0.3, -0.25) is 19.4 Å². The highest BCUT2D eigenvalue weighted by atomic mass is 16.4. The summed E-state index contributed by atoms with van der Waals surface area (Å²) in [6.07, 6.45) is 13.0. The number of nitrogens with one attached hydrogen (secondary N) is 2. The van der Waals surface area contributed by atoms with Gasteiger partial charge in [-0.05, 0) is 101 Å². The van der Waals surface area contributed by atoms with Crippen LogP contribution in [-0.2, 0) is 28.9 Å². The quantitative estimate of drug-likeness (QED) is 0.180. The second-order valence-corrected chi connectivity index (χ2v) is 14.7. The van der Waals surface area contributed by atoms with Gasteiger partial charge in [0.2, 0.25) is 0 Å². The van der Waals surface area contributed by atoms with Gasteiger partial charge < -0.3 is 30.6 Å². The fraction of sp³-hybridized carbons (Fsp3) is 0.684. The molecule has 0 bridgehead atoms. The van der Waals surface area contributed by atoms with Crippen LogP contribution in [0.15, 0.2) is 24.3 Å². The van der Waals surface area contributed by atoms with Crippen molar-refractivity contribution in [3.63, 3.8) is 0 Å². The van der Waals surface area contributed by atoms with E-state index in [4.69, 9.17) is 20.2 Å². The lowest BCUT2D eigenvalue weighted by molar-refractivity contribution is -0.139. The number of pyridine rings is 2. The molecule has 12 heteroatoms. The maximum atomic E-state index is 11.0. The van der Waals surface area contributed by atoms with E-state index in [0.29, 0.717) is 6.04 Å². The lowest BCUT2D eigenvalue weighted by atomic mass is 9.95. The van der Waals surface area contributed by atoms with E-state index in [1.807, 2.05) is 9.80 Å². The van der Waals surface area contributed by atoms with E-state index in [9.17, 15) is 9.59 Å². The summed E-state index contributed by atoms with van der Waals surface area (Å²) in [5.74, 6) is 0.743. The Balaban J connectivity index is 0.944. The zero-order valence-corrected chi connectivity index (χ0v) is 29.8. The standard InChI is InChI=1S/C38H58N8O4/c47-35(48)27-44-21-15-30(16-22-44)39-17-4-3-9-32-11-10-29-7-6-20-46(38(29)42-32)34-14-18-40-37-33(34)13-12-31(41-37)8-2-1-5-19-43-23-25-45(26-24-43)28-36(49)50/h10-13,30,34,39H,1-9,14-28H2,(H,40,41)(H,47,48)(H,49,50). The number of unbranched alkanes of at least 4 members (excludes halogenated alkanes) is 3. The molecule has 4 aliphatic heterocycles. The molecule has 2 aromatic rings. The number of rotatable bonds is 17. The minimum atomic E-state index is -0.736. The van der Waals surface area contributed by atoms with Crippen LogP contribution in [0.1, 0.15) is 86.3 Å². The number of aryl methyl sites for hydroxylation is 3. The number of nitrogens with zero attached hydrogens (tertiary/aromatic N) is 6. The summed E-state index contributed by atoms with van der Waals surface area (Å²) in [5, 5.41) is 25.3. The zero-order valence-electron chi connectivity index (χ0n) is 29.8. The molecule has 0 saturated carbocycles. The fourth-order valence-electron chi connectivity index (χ4n) is 8.22. The van der Waals surface area contributed by atoms with Crippen molar-refractivity contribution in [3.05, 3.63) is 46.8 Å². The van der Waals surface area contributed by atoms with Crippen molar-refractivity contribution in [2.75, 3.05) is 88.8 Å². The van der Waals surface area contributed by atoms with Gasteiger partial charge in [0.1, 0.15) is 11.6 Å². The number of aromatic nitrogens is 2. The summed E-state index contributed by atoms with van der Waals surface area (Å²) in [5.41, 5.74) is 5.00. The minimum absolute atomic E-state index is 0.154. The van der Waals surface area contributed by atoms with Crippen molar-refractivity contribution in [2.24, 2.45) is 0 Å². The van der Waals surface area contributed by atoms with E-state index in [0.717, 1.165) is 141 Å². The van der Waals surface area contributed by atoms with Crippen LogP contribution in [-0.4, -0.2) is 131 Å². The van der Waals surface area contributed by atoms with Crippen LogP contribution in [0.5, 0.6) is 0 Å². The molecule has 274 valence electrons. The van der Waals surface area contributed by atoms with Crippen LogP contribution in [0.2, 0.25) is 0 Å². The van der Waals surface area contributed by atoms with Gasteiger partial charge in [0.15, 0.2) is 0 Å². The van der Waals surface area contributed by atoms with Gasteiger partial charge in [0, 0.05) is 75.4 Å². The molecule has 2 saturated heterocycles. The highest BCUT2D eigenvalue weighted by Gasteiger charge is 2.31. The molecule has 0 radical (unpaired) electrons. The molecule has 4 aliphatic rings. The van der Waals surface area contributed by atoms with E-state index in [2.05, 4.69) is 44.7 Å². The second kappa shape index (κ2) is 18.3. The zero-order chi connectivity index (χ0) is 34.7. The van der Waals surface area contributed by atoms with E-state index in [1.165, 1.54) is 35.5 Å². The van der Waals surface area contributed by atoms with Crippen LogP contribution >= 0.6 is 0 Å². The van der Waals surface area contributed by atoms with Crippen molar-refractivity contribution in [1.82, 2.24) is 30.0 Å². The molecule has 6 heterocycles. The van der Waals surface area contributed by atoms with Crippen molar-refractivity contribution in [2.45, 2.75) is 89.1 Å². The number of piperazine rings is 1. The second-order valence-electron chi connectivity index (χ2n) is 14.7. The summed E-state index contributed by atoms with van der Waals surface area (Å²) in [4.78, 5) is 41.4. The number of fused-ring (bicyclic) bond motifs is 2. The third-order valence-electron chi connectivity index (χ3n) is 11.0. The third-order valence-corrected chi connectivity index (χ3v) is 11.0. The SMILES string of the molecule is O=C(O)CN1CCC(NCCCCc2ccc3c(n2)N(C2CCNc4nc(CCCCCN5CCN(CC(=O)O)CC5)ccc42)CCC3)CC1. The molecule has 12 nitrogen and oxygen atoms in total. The van der Waals surface area contributed by atoms with E-state index in [-0.39, 0.29) is 19.1 Å². The van der Waals surface area contributed by atoms with Gasteiger partial charge >= 0.3 is 11.9 Å². The Hall–Kier alpha value is -3.32. The minimum Gasteiger partial charge on any atom is -0.480 e. The number of hydrogen-bond donors (Lipinski definition) is 4. The molecular weight excluding hydrogens is 632 g/mol. The number of aliphatic carboxylic acids is 2. The van der Waals surface area contributed by atoms with E-state index < -0.39 is 11.9 Å². The van der Waals surface area contributed by atoms with Crippen LogP contribution in [0.3, 0.4) is 0 Å². The van der Waals surface area contributed by atoms with Gasteiger partial charge in [-0.15, -0.1) is 0 Å². The molecule has 50 heavy (non-hydrogen) atoms. The molecule has 4 N–H and O–H groups in total. The number of carbonyl (C=O) groups is 2. The largest absolute Gasteiger partial charge is 0.480 e. The number of likely N-dealkylation sites (tertiary alicyclic amines) is 1. The highest BCUT2D eigenvalue weighted by Crippen LogP contribution is 2.39. The summed E-state index contributed by atoms with van der Waals surface area (Å²) in [6, 6.07) is 9.88. The number of anilines is 2. The molecule has 1 atom stereocenters. The Morgan fingerprint density at radius 3 is 2.20 bits per heavy atom. The van der Waals surface area contributed by atoms with Crippen molar-refractivity contribution in [1.29, 1.82) is 0 Å². The monoisotopic (exact) mass is 690 g/mol. The molecule has 2 aromatic heterocycles. The first-order valence-electron chi connectivity index (χ1n) is 19.2. The Bertz CT molecular complexity index is 1410. The Morgan fingerprint density at radius 2 is 1.44 bits per heavy atom. The molecular formula is C38H58N8O4. The Labute approximate surface area is 297 Å². The van der Waals surface area contributed by atoms with Gasteiger partial charge in [-0.2, -0.15) is 0 Å². The molecule has 0 spiro atoms. The van der Waals surface area contributed by atoms with Gasteiger partial charge in [-0.1, -0.05) is 18.6 Å². The average molecular weight is 691 g/mol. The first kappa shape index (κ1) is 36.5. The topological polar surface area (TPSA) is 137 Å². The number of carboxylic acid groups (broad SMARTS) is 2. The molecule has 0 amide bonds. The number of piperidine rings is 1. The van der Waals surface area contributed by atoms with E-state index >= 15 is 0 Å². The smallest absolute Gasteiger partial charge is 0.317 e. The van der Waals surface area contributed by atoms with Gasteiger partial charge in [0.05, 0.1) is 19.1 Å². The molecule has 6 rings (SSSR count). The van der Waals surface area contributed by atoms with Crippen molar-refractivity contribution in [3.8, 4) is 0 Å². The number of carboxylic acids is 2. The lowest BCUT2D eigenvalue weighted by Crippen LogP contribution is -2.48. The van der Waals surface area contributed by atoms with Crippen LogP contribution in [0.25, 0.3) is 0 Å². The normalized spacial score (nSPS) is 20.6. The van der Waals surface area contributed by atoms with Crippen molar-refractivity contribution >= 4 is 23.6 Å². The van der Waals surface area contributed by atoms with Crippen LogP contribution < -0.4 is 15.5 Å². The summed E-state index contributed by atoms with van der Waals surface area (Å²) in [6.45, 7) is 9.68. The maximum absolute atomic E-state index is 11.0. The average Bonchev–Trinajstić information content (AvgIpc) is 3.11. The first-order valence-corrected chi connectivity index (χ1v) is 19.2. The van der Waals surface area contributed by atoms with E-state index in [1.54, 1.807) is 0 Å². The molecule has 2 fully saturated rings. The maximum Gasteiger partial charge on any atom is 0.317 e. The Kier molecular flexibility index (Phi) is 13.3. The number of hydrogen-bond acceptors (Lipinski definition) is 10. The van der Waals surface area contributed by atoms with Crippen LogP contribution in [0, 0.1) is 0 Å². The summed E-state index contributed by atoms with van der Waals surface area (Å²) >= 11 is 0. The van der Waals surface area contributed by atoms with Gasteiger partial charge in [0.25, 0.3) is 0 Å². The third kappa shape index (κ3) is 10.4. The Morgan fingerprint density at radius 1 is 0.760 bits per heavy atom. The summed E-state index contributed by atoms with van der Waals surface area (Å²) < 4.78 is 0.